The summed E-state index contributed by atoms with van der Waals surface area (Å²) in [6.07, 6.45) is 2.35. The van der Waals surface area contributed by atoms with Crippen molar-refractivity contribution in [3.63, 3.8) is 0 Å². The molecule has 2 unspecified atom stereocenters. The smallest absolute Gasteiger partial charge is 0.0262 e. The third kappa shape index (κ3) is 2.39. The van der Waals surface area contributed by atoms with E-state index in [1.165, 1.54) is 18.5 Å². The monoisotopic (exact) mass is 204 g/mol. The van der Waals surface area contributed by atoms with Gasteiger partial charge >= 0.3 is 0 Å². The van der Waals surface area contributed by atoms with Gasteiger partial charge in [0.05, 0.1) is 0 Å². The molecule has 0 amide bonds. The molecule has 1 fully saturated rings. The van der Waals surface area contributed by atoms with E-state index in [0.29, 0.717) is 12.1 Å². The van der Waals surface area contributed by atoms with E-state index in [4.69, 9.17) is 5.73 Å². The Labute approximate surface area is 92.1 Å². The van der Waals surface area contributed by atoms with Gasteiger partial charge in [-0.3, -0.25) is 4.90 Å². The number of hydrogen-bond donors (Lipinski definition) is 1. The van der Waals surface area contributed by atoms with Crippen LogP contribution in [0.25, 0.3) is 0 Å². The highest BCUT2D eigenvalue weighted by Gasteiger charge is 2.31. The minimum atomic E-state index is 0.350. The van der Waals surface area contributed by atoms with Crippen molar-refractivity contribution in [3.05, 3.63) is 35.9 Å². The molecule has 0 radical (unpaired) electrons. The Balaban J connectivity index is 1.91. The number of likely N-dealkylation sites (tertiary alicyclic amines) is 1. The average molecular weight is 204 g/mol. The fraction of sp³-hybridized carbons (Fsp3) is 0.538. The quantitative estimate of drug-likeness (QED) is 0.812. The van der Waals surface area contributed by atoms with Crippen LogP contribution in [0.5, 0.6) is 0 Å². The Hall–Kier alpha value is -0.860. The van der Waals surface area contributed by atoms with Crippen molar-refractivity contribution in [3.8, 4) is 0 Å². The van der Waals surface area contributed by atoms with E-state index < -0.39 is 0 Å². The van der Waals surface area contributed by atoms with Crippen LogP contribution in [0.4, 0.5) is 0 Å². The van der Waals surface area contributed by atoms with E-state index in [0.717, 1.165) is 13.0 Å². The summed E-state index contributed by atoms with van der Waals surface area (Å²) in [6, 6.07) is 11.6. The first kappa shape index (κ1) is 10.7. The van der Waals surface area contributed by atoms with Crippen LogP contribution in [-0.4, -0.2) is 23.5 Å². The van der Waals surface area contributed by atoms with E-state index in [-0.39, 0.29) is 0 Å². The van der Waals surface area contributed by atoms with Crippen LogP contribution in [0.3, 0.4) is 0 Å². The number of rotatable bonds is 4. The molecule has 2 atom stereocenters. The molecule has 1 aliphatic rings. The van der Waals surface area contributed by atoms with Gasteiger partial charge < -0.3 is 5.73 Å². The molecule has 2 nitrogen and oxygen atoms in total. The van der Waals surface area contributed by atoms with Gasteiger partial charge in [-0.15, -0.1) is 0 Å². The van der Waals surface area contributed by atoms with Crippen molar-refractivity contribution in [2.45, 2.75) is 38.4 Å². The first-order valence-electron chi connectivity index (χ1n) is 5.85. The van der Waals surface area contributed by atoms with Crippen molar-refractivity contribution in [1.29, 1.82) is 0 Å². The lowest BCUT2D eigenvalue weighted by molar-refractivity contribution is 0.0611. The Bertz CT molecular complexity index is 297. The van der Waals surface area contributed by atoms with Gasteiger partial charge in [0.1, 0.15) is 0 Å². The van der Waals surface area contributed by atoms with Crippen molar-refractivity contribution in [2.75, 3.05) is 6.54 Å². The number of benzene rings is 1. The lowest BCUT2D eigenvalue weighted by atomic mass is 9.93. The van der Waals surface area contributed by atoms with Gasteiger partial charge in [0.25, 0.3) is 0 Å². The first-order chi connectivity index (χ1) is 7.31. The van der Waals surface area contributed by atoms with Crippen LogP contribution in [0.2, 0.25) is 0 Å². The molecule has 0 saturated carbocycles. The van der Waals surface area contributed by atoms with Crippen LogP contribution in [-0.2, 0) is 6.54 Å². The second-order valence-electron chi connectivity index (χ2n) is 4.38. The molecule has 2 heteroatoms. The van der Waals surface area contributed by atoms with Crippen molar-refractivity contribution >= 4 is 0 Å². The standard InChI is InChI=1S/C13H20N2/c1-2-12(14)13-8-9-15(13)10-11-6-4-3-5-7-11/h3-7,12-13H,2,8-10,14H2,1H3. The Kier molecular flexibility index (Phi) is 3.39. The van der Waals surface area contributed by atoms with Crippen LogP contribution in [0.1, 0.15) is 25.3 Å². The third-order valence-electron chi connectivity index (χ3n) is 3.38. The maximum Gasteiger partial charge on any atom is 0.0262 e. The summed E-state index contributed by atoms with van der Waals surface area (Å²) in [7, 11) is 0. The van der Waals surface area contributed by atoms with Gasteiger partial charge in [-0.05, 0) is 18.4 Å². The lowest BCUT2D eigenvalue weighted by Gasteiger charge is -2.44. The van der Waals surface area contributed by atoms with E-state index in [2.05, 4.69) is 42.2 Å². The molecule has 1 saturated heterocycles. The zero-order valence-corrected chi connectivity index (χ0v) is 9.39. The first-order valence-corrected chi connectivity index (χ1v) is 5.85. The largest absolute Gasteiger partial charge is 0.326 e. The highest BCUT2D eigenvalue weighted by molar-refractivity contribution is 5.15. The normalized spacial score (nSPS) is 23.5. The van der Waals surface area contributed by atoms with Crippen LogP contribution in [0, 0.1) is 0 Å². The topological polar surface area (TPSA) is 29.3 Å². The summed E-state index contributed by atoms with van der Waals surface area (Å²) in [5.74, 6) is 0. The fourth-order valence-corrected chi connectivity index (χ4v) is 2.23. The Morgan fingerprint density at radius 3 is 2.67 bits per heavy atom. The summed E-state index contributed by atoms with van der Waals surface area (Å²) in [6.45, 7) is 4.43. The summed E-state index contributed by atoms with van der Waals surface area (Å²) >= 11 is 0. The van der Waals surface area contributed by atoms with Gasteiger partial charge in [0, 0.05) is 25.2 Å². The molecular formula is C13H20N2. The molecule has 82 valence electrons. The minimum absolute atomic E-state index is 0.350. The summed E-state index contributed by atoms with van der Waals surface area (Å²) in [5.41, 5.74) is 7.47. The summed E-state index contributed by atoms with van der Waals surface area (Å²) in [5, 5.41) is 0. The minimum Gasteiger partial charge on any atom is -0.326 e. The zero-order chi connectivity index (χ0) is 10.7. The lowest BCUT2D eigenvalue weighted by Crippen LogP contribution is -2.56. The van der Waals surface area contributed by atoms with Crippen molar-refractivity contribution in [2.24, 2.45) is 5.73 Å². The SMILES string of the molecule is CCC(N)C1CCN1Cc1ccccc1. The van der Waals surface area contributed by atoms with E-state index >= 15 is 0 Å². The molecule has 2 rings (SSSR count). The van der Waals surface area contributed by atoms with E-state index in [9.17, 15) is 0 Å². The molecule has 1 aromatic rings. The highest BCUT2D eigenvalue weighted by atomic mass is 15.2. The maximum atomic E-state index is 6.08. The fourth-order valence-electron chi connectivity index (χ4n) is 2.23. The summed E-state index contributed by atoms with van der Waals surface area (Å²) < 4.78 is 0. The van der Waals surface area contributed by atoms with Gasteiger partial charge in [-0.1, -0.05) is 37.3 Å². The molecule has 0 aromatic heterocycles. The molecular weight excluding hydrogens is 184 g/mol. The molecule has 0 spiro atoms. The van der Waals surface area contributed by atoms with Crippen LogP contribution >= 0.6 is 0 Å². The predicted octanol–water partition coefficient (Wildman–Crippen LogP) is 2.00. The summed E-state index contributed by atoms with van der Waals surface area (Å²) in [4.78, 5) is 2.49. The van der Waals surface area contributed by atoms with E-state index in [1.54, 1.807) is 0 Å². The highest BCUT2D eigenvalue weighted by Crippen LogP contribution is 2.23. The van der Waals surface area contributed by atoms with Crippen molar-refractivity contribution in [1.82, 2.24) is 4.90 Å². The van der Waals surface area contributed by atoms with Crippen LogP contribution in [0.15, 0.2) is 30.3 Å². The van der Waals surface area contributed by atoms with Gasteiger partial charge in [0.15, 0.2) is 0 Å². The zero-order valence-electron chi connectivity index (χ0n) is 9.39. The Morgan fingerprint density at radius 2 is 2.13 bits per heavy atom. The number of nitrogens with two attached hydrogens (primary N) is 1. The Morgan fingerprint density at radius 1 is 1.40 bits per heavy atom. The number of hydrogen-bond acceptors (Lipinski definition) is 2. The molecule has 0 bridgehead atoms. The van der Waals surface area contributed by atoms with Gasteiger partial charge in [-0.25, -0.2) is 0 Å². The molecule has 2 N–H and O–H groups in total. The maximum absolute atomic E-state index is 6.08. The van der Waals surface area contributed by atoms with Crippen molar-refractivity contribution < 1.29 is 0 Å². The molecule has 1 aromatic carbocycles. The average Bonchev–Trinajstić information content (AvgIpc) is 2.25. The second kappa shape index (κ2) is 4.77. The second-order valence-corrected chi connectivity index (χ2v) is 4.38. The third-order valence-corrected chi connectivity index (χ3v) is 3.38. The van der Waals surface area contributed by atoms with Crippen LogP contribution < -0.4 is 5.73 Å². The molecule has 1 heterocycles. The van der Waals surface area contributed by atoms with Gasteiger partial charge in [-0.2, -0.15) is 0 Å². The predicted molar refractivity (Wildman–Crippen MR) is 63.5 cm³/mol. The molecule has 1 aliphatic heterocycles. The van der Waals surface area contributed by atoms with Gasteiger partial charge in [0.2, 0.25) is 0 Å². The molecule has 15 heavy (non-hydrogen) atoms. The number of nitrogens with zero attached hydrogens (tertiary/aromatic N) is 1. The van der Waals surface area contributed by atoms with E-state index in [1.807, 2.05) is 0 Å². The molecule has 0 aliphatic carbocycles.